The van der Waals surface area contributed by atoms with Crippen LogP contribution in [-0.4, -0.2) is 47.8 Å². The van der Waals surface area contributed by atoms with Crippen LogP contribution < -0.4 is 0 Å². The van der Waals surface area contributed by atoms with E-state index in [1.165, 1.54) is 0 Å². The van der Waals surface area contributed by atoms with Crippen molar-refractivity contribution in [3.63, 3.8) is 0 Å². The average molecular weight is 308 g/mol. The molecule has 4 unspecified atom stereocenters. The van der Waals surface area contributed by atoms with E-state index in [9.17, 15) is 12.6 Å². The lowest BCUT2D eigenvalue weighted by molar-refractivity contribution is 0.193. The van der Waals surface area contributed by atoms with E-state index >= 15 is 0 Å². The third kappa shape index (κ3) is 5.01. The van der Waals surface area contributed by atoms with Crippen LogP contribution in [0.1, 0.15) is 0 Å². The van der Waals surface area contributed by atoms with Crippen LogP contribution in [0.15, 0.2) is 0 Å². The van der Waals surface area contributed by atoms with E-state index in [4.69, 9.17) is 21.2 Å². The summed E-state index contributed by atoms with van der Waals surface area (Å²) in [5.74, 6) is 4.93. The van der Waals surface area contributed by atoms with Crippen LogP contribution >= 0.6 is 0 Å². The van der Waals surface area contributed by atoms with Crippen LogP contribution in [0.2, 0.25) is 0 Å². The first-order valence-electron chi connectivity index (χ1n) is 4.89. The molecule has 0 aromatic heterocycles. The maximum absolute atomic E-state index is 11.5. The summed E-state index contributed by atoms with van der Waals surface area (Å²) in [5.41, 5.74) is 0. The van der Waals surface area contributed by atoms with Crippen molar-refractivity contribution in [1.29, 1.82) is 0 Å². The van der Waals surface area contributed by atoms with Crippen LogP contribution in [-0.2, 0) is 41.3 Å². The zero-order valence-electron chi connectivity index (χ0n) is 9.40. The van der Waals surface area contributed by atoms with Crippen molar-refractivity contribution < 1.29 is 21.0 Å². The van der Waals surface area contributed by atoms with Crippen LogP contribution in [0, 0.1) is 24.7 Å². The topological polar surface area (TPSA) is 69.7 Å². The maximum atomic E-state index is 11.5. The van der Waals surface area contributed by atoms with Gasteiger partial charge in [0.05, 0.1) is 23.0 Å². The standard InChI is InChI=1S/C10H12O5S3/c1-3-5-16(11)7-9-10(15-18(13)14-9)8-17(12)6-4-2/h1-2,9-10H,5-8H2. The Kier molecular flexibility index (Phi) is 6.76. The van der Waals surface area contributed by atoms with Crippen LogP contribution in [0.5, 0.6) is 0 Å². The fourth-order valence-electron chi connectivity index (χ4n) is 1.29. The summed E-state index contributed by atoms with van der Waals surface area (Å²) in [7, 11) is -2.56. The van der Waals surface area contributed by atoms with Gasteiger partial charge in [-0.1, -0.05) is 11.8 Å². The highest BCUT2D eigenvalue weighted by atomic mass is 32.2. The van der Waals surface area contributed by atoms with Gasteiger partial charge in [0.1, 0.15) is 12.2 Å². The lowest BCUT2D eigenvalue weighted by Gasteiger charge is -2.13. The smallest absolute Gasteiger partial charge is 0.261 e. The summed E-state index contributed by atoms with van der Waals surface area (Å²) >= 11 is -1.90. The van der Waals surface area contributed by atoms with Gasteiger partial charge in [0.2, 0.25) is 0 Å². The molecule has 0 bridgehead atoms. The molecule has 1 rings (SSSR count). The molecule has 0 radical (unpaired) electrons. The Bertz CT molecular complexity index is 407. The third-order valence-electron chi connectivity index (χ3n) is 2.01. The largest absolute Gasteiger partial charge is 0.305 e. The minimum Gasteiger partial charge on any atom is -0.261 e. The first-order chi connectivity index (χ1) is 8.56. The van der Waals surface area contributed by atoms with E-state index in [1.807, 2.05) is 0 Å². The van der Waals surface area contributed by atoms with Crippen molar-refractivity contribution in [3.8, 4) is 24.7 Å². The Morgan fingerprint density at radius 1 is 1.00 bits per heavy atom. The zero-order chi connectivity index (χ0) is 13.5. The maximum Gasteiger partial charge on any atom is 0.305 e. The summed E-state index contributed by atoms with van der Waals surface area (Å²) in [6, 6.07) is 0. The molecule has 8 heteroatoms. The van der Waals surface area contributed by atoms with Crippen molar-refractivity contribution in [2.24, 2.45) is 0 Å². The molecule has 1 fully saturated rings. The lowest BCUT2D eigenvalue weighted by Crippen LogP contribution is -2.33. The predicted molar refractivity (Wildman–Crippen MR) is 71.3 cm³/mol. The van der Waals surface area contributed by atoms with Crippen molar-refractivity contribution in [2.75, 3.05) is 23.0 Å². The van der Waals surface area contributed by atoms with Gasteiger partial charge in [-0.25, -0.2) is 0 Å². The SMILES string of the molecule is C#CCS(=O)CC1OS(=O)OC1CS(=O)CC#C. The normalized spacial score (nSPS) is 30.2. The predicted octanol–water partition coefficient (Wildman–Crippen LogP) is -0.887. The summed E-state index contributed by atoms with van der Waals surface area (Å²) in [6.07, 6.45) is 8.81. The minimum atomic E-state index is -1.90. The van der Waals surface area contributed by atoms with Crippen LogP contribution in [0.4, 0.5) is 0 Å². The summed E-state index contributed by atoms with van der Waals surface area (Å²) in [5, 5.41) is 0. The Hall–Kier alpha value is -0.510. The molecule has 0 aliphatic carbocycles. The van der Waals surface area contributed by atoms with E-state index in [0.717, 1.165) is 0 Å². The molecule has 0 N–H and O–H groups in total. The molecule has 0 aromatic rings. The molecule has 1 saturated heterocycles. The highest BCUT2D eigenvalue weighted by Crippen LogP contribution is 2.19. The van der Waals surface area contributed by atoms with Crippen molar-refractivity contribution in [3.05, 3.63) is 0 Å². The van der Waals surface area contributed by atoms with Gasteiger partial charge in [-0.2, -0.15) is 4.21 Å². The van der Waals surface area contributed by atoms with Gasteiger partial charge in [-0.3, -0.25) is 16.8 Å². The second kappa shape index (κ2) is 7.82. The molecular formula is C10H12O5S3. The van der Waals surface area contributed by atoms with E-state index in [1.54, 1.807) is 0 Å². The van der Waals surface area contributed by atoms with Crippen LogP contribution in [0.25, 0.3) is 0 Å². The van der Waals surface area contributed by atoms with E-state index < -0.39 is 45.2 Å². The van der Waals surface area contributed by atoms with Crippen molar-refractivity contribution in [1.82, 2.24) is 0 Å². The Morgan fingerprint density at radius 3 is 1.72 bits per heavy atom. The summed E-state index contributed by atoms with van der Waals surface area (Å²) < 4.78 is 44.1. The molecule has 0 aromatic carbocycles. The van der Waals surface area contributed by atoms with Crippen molar-refractivity contribution in [2.45, 2.75) is 12.2 Å². The number of terminal acetylenes is 2. The summed E-state index contributed by atoms with van der Waals surface area (Å²) in [4.78, 5) is 0. The first kappa shape index (κ1) is 15.5. The highest BCUT2D eigenvalue weighted by Gasteiger charge is 2.37. The lowest BCUT2D eigenvalue weighted by atomic mass is 10.3. The van der Waals surface area contributed by atoms with Gasteiger partial charge in [0.25, 0.3) is 0 Å². The minimum absolute atomic E-state index is 0.0899. The molecule has 5 nitrogen and oxygen atoms in total. The van der Waals surface area contributed by atoms with Crippen LogP contribution in [0.3, 0.4) is 0 Å². The fourth-order valence-corrected chi connectivity index (χ4v) is 4.20. The second-order valence-corrected chi connectivity index (χ2v) is 7.18. The highest BCUT2D eigenvalue weighted by molar-refractivity contribution is 7.85. The quantitative estimate of drug-likeness (QED) is 0.596. The zero-order valence-corrected chi connectivity index (χ0v) is 11.9. The number of rotatable bonds is 6. The number of hydrogen-bond acceptors (Lipinski definition) is 5. The molecule has 0 spiro atoms. The second-order valence-electron chi connectivity index (χ2n) is 3.38. The Morgan fingerprint density at radius 2 is 1.39 bits per heavy atom. The number of hydrogen-bond donors (Lipinski definition) is 0. The third-order valence-corrected chi connectivity index (χ3v) is 5.19. The van der Waals surface area contributed by atoms with Gasteiger partial charge >= 0.3 is 11.4 Å². The van der Waals surface area contributed by atoms with E-state index in [2.05, 4.69) is 11.8 Å². The molecule has 1 heterocycles. The van der Waals surface area contributed by atoms with E-state index in [0.29, 0.717) is 0 Å². The molecule has 100 valence electrons. The van der Waals surface area contributed by atoms with Gasteiger partial charge in [-0.15, -0.1) is 12.8 Å². The van der Waals surface area contributed by atoms with Crippen molar-refractivity contribution >= 4 is 33.0 Å². The molecule has 0 amide bonds. The fraction of sp³-hybridized carbons (Fsp3) is 0.600. The summed E-state index contributed by atoms with van der Waals surface area (Å²) in [6.45, 7) is 0. The Labute approximate surface area is 114 Å². The first-order valence-corrected chi connectivity index (χ1v) is 8.87. The molecule has 4 atom stereocenters. The molecule has 18 heavy (non-hydrogen) atoms. The Balaban J connectivity index is 2.57. The molecule has 1 aliphatic heterocycles. The molecular weight excluding hydrogens is 296 g/mol. The van der Waals surface area contributed by atoms with Gasteiger partial charge in [0, 0.05) is 21.6 Å². The van der Waals surface area contributed by atoms with Gasteiger partial charge < -0.3 is 0 Å². The average Bonchev–Trinajstić information content (AvgIpc) is 2.59. The van der Waals surface area contributed by atoms with E-state index in [-0.39, 0.29) is 23.0 Å². The van der Waals surface area contributed by atoms with Gasteiger partial charge in [0.15, 0.2) is 0 Å². The van der Waals surface area contributed by atoms with Gasteiger partial charge in [-0.05, 0) is 0 Å². The molecule has 1 aliphatic rings. The monoisotopic (exact) mass is 308 g/mol. The molecule has 0 saturated carbocycles.